The van der Waals surface area contributed by atoms with Crippen molar-refractivity contribution in [1.82, 2.24) is 15.0 Å². The third-order valence-corrected chi connectivity index (χ3v) is 3.19. The van der Waals surface area contributed by atoms with Crippen LogP contribution in [0.15, 0.2) is 12.1 Å². The molecule has 0 spiro atoms. The predicted octanol–water partition coefficient (Wildman–Crippen LogP) is 3.31. The lowest BCUT2D eigenvalue weighted by Gasteiger charge is -2.09. The van der Waals surface area contributed by atoms with Gasteiger partial charge in [0.25, 0.3) is 0 Å². The average Bonchev–Trinajstić information content (AvgIpc) is 2.45. The number of benzene rings is 1. The molecule has 0 unspecified atom stereocenters. The van der Waals surface area contributed by atoms with Crippen molar-refractivity contribution in [3.8, 4) is 17.8 Å². The van der Waals surface area contributed by atoms with Gasteiger partial charge in [-0.15, -0.1) is 4.98 Å². The normalized spacial score (nSPS) is 10.3. The first-order valence-electron chi connectivity index (χ1n) is 5.71. The number of aromatic nitrogens is 3. The molecule has 0 aliphatic carbocycles. The highest BCUT2D eigenvalue weighted by atomic mass is 35.5. The van der Waals surface area contributed by atoms with E-state index in [-0.39, 0.29) is 33.8 Å². The van der Waals surface area contributed by atoms with Crippen LogP contribution < -0.4 is 20.7 Å². The summed E-state index contributed by atoms with van der Waals surface area (Å²) in [5.41, 5.74) is 2.28. The molecule has 1 aromatic carbocycles. The van der Waals surface area contributed by atoms with E-state index in [0.29, 0.717) is 11.6 Å². The Morgan fingerprint density at radius 2 is 1.71 bits per heavy atom. The molecule has 0 aliphatic rings. The Bertz CT molecular complexity index is 656. The van der Waals surface area contributed by atoms with E-state index in [4.69, 9.17) is 50.1 Å². The fourth-order valence-corrected chi connectivity index (χ4v) is 1.90. The van der Waals surface area contributed by atoms with Gasteiger partial charge in [0, 0.05) is 6.07 Å². The van der Waals surface area contributed by atoms with Gasteiger partial charge in [-0.25, -0.2) is 5.84 Å². The molecule has 2 aromatic rings. The molecular formula is C11H10Cl3N5O2. The summed E-state index contributed by atoms with van der Waals surface area (Å²) in [4.78, 5) is 11.8. The van der Waals surface area contributed by atoms with E-state index in [2.05, 4.69) is 20.4 Å². The van der Waals surface area contributed by atoms with E-state index in [1.54, 1.807) is 6.92 Å². The van der Waals surface area contributed by atoms with E-state index in [9.17, 15) is 0 Å². The number of nitrogens with one attached hydrogen (secondary N) is 1. The Morgan fingerprint density at radius 3 is 2.38 bits per heavy atom. The molecule has 112 valence electrons. The van der Waals surface area contributed by atoms with Crippen LogP contribution >= 0.6 is 34.8 Å². The molecule has 0 radical (unpaired) electrons. The largest absolute Gasteiger partial charge is 0.464 e. The second-order valence-electron chi connectivity index (χ2n) is 3.60. The van der Waals surface area contributed by atoms with E-state index in [1.807, 2.05) is 0 Å². The van der Waals surface area contributed by atoms with Gasteiger partial charge in [-0.05, 0) is 13.0 Å². The summed E-state index contributed by atoms with van der Waals surface area (Å²) in [6, 6.07) is 2.91. The molecule has 21 heavy (non-hydrogen) atoms. The molecule has 0 atom stereocenters. The third-order valence-electron chi connectivity index (χ3n) is 2.17. The molecule has 0 saturated carbocycles. The minimum atomic E-state index is -0.0540. The number of ether oxygens (including phenoxy) is 2. The van der Waals surface area contributed by atoms with Crippen LogP contribution in [-0.4, -0.2) is 21.6 Å². The molecule has 2 rings (SSSR count). The fraction of sp³-hybridized carbons (Fsp3) is 0.182. The SMILES string of the molecule is CCOc1nc(NN)nc(Oc2cc(Cl)c(Cl)cc2Cl)n1. The topological polar surface area (TPSA) is 95.2 Å². The number of hydrazine groups is 1. The van der Waals surface area contributed by atoms with Crippen molar-refractivity contribution in [1.29, 1.82) is 0 Å². The lowest BCUT2D eigenvalue weighted by atomic mass is 10.3. The summed E-state index contributed by atoms with van der Waals surface area (Å²) < 4.78 is 10.6. The van der Waals surface area contributed by atoms with Gasteiger partial charge in [-0.2, -0.15) is 9.97 Å². The van der Waals surface area contributed by atoms with Crippen molar-refractivity contribution >= 4 is 40.8 Å². The molecule has 0 aliphatic heterocycles. The van der Waals surface area contributed by atoms with Crippen molar-refractivity contribution in [2.45, 2.75) is 6.92 Å². The molecule has 1 aromatic heterocycles. The second kappa shape index (κ2) is 6.95. The van der Waals surface area contributed by atoms with Gasteiger partial charge in [0.05, 0.1) is 21.7 Å². The smallest absolute Gasteiger partial charge is 0.330 e. The van der Waals surface area contributed by atoms with Gasteiger partial charge in [0.2, 0.25) is 5.95 Å². The second-order valence-corrected chi connectivity index (χ2v) is 4.82. The Labute approximate surface area is 135 Å². The number of nitrogen functional groups attached to an aromatic ring is 1. The first-order chi connectivity index (χ1) is 10.0. The minimum Gasteiger partial charge on any atom is -0.464 e. The number of rotatable bonds is 5. The van der Waals surface area contributed by atoms with Crippen molar-refractivity contribution in [3.63, 3.8) is 0 Å². The lowest BCUT2D eigenvalue weighted by molar-refractivity contribution is 0.304. The number of halogens is 3. The Kier molecular flexibility index (Phi) is 5.24. The number of hydrogen-bond donors (Lipinski definition) is 2. The van der Waals surface area contributed by atoms with Crippen LogP contribution in [0.1, 0.15) is 6.92 Å². The average molecular weight is 351 g/mol. The van der Waals surface area contributed by atoms with Gasteiger partial charge in [0.15, 0.2) is 5.75 Å². The summed E-state index contributed by atoms with van der Waals surface area (Å²) in [5, 5.41) is 0.848. The van der Waals surface area contributed by atoms with Crippen LogP contribution in [0.4, 0.5) is 5.95 Å². The molecule has 7 nitrogen and oxygen atoms in total. The molecule has 0 fully saturated rings. The first kappa shape index (κ1) is 15.8. The van der Waals surface area contributed by atoms with Crippen LogP contribution in [0.3, 0.4) is 0 Å². The van der Waals surface area contributed by atoms with Crippen molar-refractivity contribution in [2.24, 2.45) is 5.84 Å². The number of nitrogens with two attached hydrogens (primary N) is 1. The Balaban J connectivity index is 2.34. The highest BCUT2D eigenvalue weighted by Crippen LogP contribution is 2.35. The van der Waals surface area contributed by atoms with Crippen LogP contribution in [0, 0.1) is 0 Å². The molecule has 0 bridgehead atoms. The summed E-state index contributed by atoms with van der Waals surface area (Å²) in [6.45, 7) is 2.16. The van der Waals surface area contributed by atoms with E-state index in [1.165, 1.54) is 12.1 Å². The van der Waals surface area contributed by atoms with Crippen molar-refractivity contribution in [3.05, 3.63) is 27.2 Å². The van der Waals surface area contributed by atoms with Gasteiger partial charge in [0.1, 0.15) is 0 Å². The molecule has 0 saturated heterocycles. The highest BCUT2D eigenvalue weighted by molar-refractivity contribution is 6.43. The summed E-state index contributed by atoms with van der Waals surface area (Å²) >= 11 is 17.8. The zero-order valence-corrected chi connectivity index (χ0v) is 13.0. The predicted molar refractivity (Wildman–Crippen MR) is 80.4 cm³/mol. The number of nitrogens with zero attached hydrogens (tertiary/aromatic N) is 3. The monoisotopic (exact) mass is 349 g/mol. The maximum Gasteiger partial charge on any atom is 0.330 e. The fourth-order valence-electron chi connectivity index (χ4n) is 1.32. The summed E-state index contributed by atoms with van der Waals surface area (Å²) in [5.74, 6) is 5.59. The van der Waals surface area contributed by atoms with Crippen LogP contribution in [0.25, 0.3) is 0 Å². The molecule has 1 heterocycles. The summed E-state index contributed by atoms with van der Waals surface area (Å²) in [7, 11) is 0. The minimum absolute atomic E-state index is 0.0540. The third kappa shape index (κ3) is 3.98. The standard InChI is InChI=1S/C11H10Cl3N5O2/c1-2-20-10-16-9(19-15)17-11(18-10)21-8-4-6(13)5(12)3-7(8)14/h3-4H,2,15H2,1H3,(H,16,17,18,19). The Morgan fingerprint density at radius 1 is 1.05 bits per heavy atom. The lowest BCUT2D eigenvalue weighted by Crippen LogP contribution is -2.12. The molecular weight excluding hydrogens is 341 g/mol. The highest BCUT2D eigenvalue weighted by Gasteiger charge is 2.12. The molecule has 3 N–H and O–H groups in total. The molecule has 10 heteroatoms. The zero-order valence-electron chi connectivity index (χ0n) is 10.7. The maximum atomic E-state index is 6.02. The number of anilines is 1. The van der Waals surface area contributed by atoms with Gasteiger partial charge in [-0.1, -0.05) is 34.8 Å². The van der Waals surface area contributed by atoms with Gasteiger partial charge in [-0.3, -0.25) is 5.43 Å². The summed E-state index contributed by atoms with van der Waals surface area (Å²) in [6.07, 6.45) is 0. The van der Waals surface area contributed by atoms with Crippen LogP contribution in [0.2, 0.25) is 15.1 Å². The maximum absolute atomic E-state index is 6.02. The van der Waals surface area contributed by atoms with Gasteiger partial charge >= 0.3 is 12.0 Å². The van der Waals surface area contributed by atoms with E-state index < -0.39 is 0 Å². The van der Waals surface area contributed by atoms with Crippen LogP contribution in [-0.2, 0) is 0 Å². The number of hydrogen-bond acceptors (Lipinski definition) is 7. The van der Waals surface area contributed by atoms with E-state index >= 15 is 0 Å². The quantitative estimate of drug-likeness (QED) is 0.485. The zero-order chi connectivity index (χ0) is 15.4. The van der Waals surface area contributed by atoms with Gasteiger partial charge < -0.3 is 9.47 Å². The molecule has 0 amide bonds. The van der Waals surface area contributed by atoms with E-state index in [0.717, 1.165) is 0 Å². The van der Waals surface area contributed by atoms with Crippen molar-refractivity contribution < 1.29 is 9.47 Å². The van der Waals surface area contributed by atoms with Crippen molar-refractivity contribution in [2.75, 3.05) is 12.0 Å². The Hall–Kier alpha value is -1.54. The van der Waals surface area contributed by atoms with Crippen LogP contribution in [0.5, 0.6) is 17.8 Å². The first-order valence-corrected chi connectivity index (χ1v) is 6.84.